The number of rotatable bonds is 3. The van der Waals surface area contributed by atoms with Crippen molar-refractivity contribution in [2.75, 3.05) is 5.73 Å². The molecule has 100 valence electrons. The molecule has 0 aromatic heterocycles. The molecule has 6 heteroatoms. The molecule has 2 nitrogen and oxygen atoms in total. The second-order valence-corrected chi connectivity index (χ2v) is 6.10. The Balaban J connectivity index is 2.28. The zero-order valence-electron chi connectivity index (χ0n) is 9.70. The van der Waals surface area contributed by atoms with Gasteiger partial charge in [0.15, 0.2) is 0 Å². The van der Waals surface area contributed by atoms with Gasteiger partial charge >= 0.3 is 0 Å². The average Bonchev–Trinajstić information content (AvgIpc) is 2.34. The number of anilines is 1. The molecule has 0 spiro atoms. The van der Waals surface area contributed by atoms with E-state index < -0.39 is 16.6 Å². The van der Waals surface area contributed by atoms with E-state index in [1.165, 1.54) is 12.1 Å². The van der Waals surface area contributed by atoms with Crippen molar-refractivity contribution in [2.45, 2.75) is 10.6 Å². The van der Waals surface area contributed by atoms with Crippen LogP contribution in [-0.2, 0) is 16.6 Å². The first kappa shape index (κ1) is 14.3. The summed E-state index contributed by atoms with van der Waals surface area (Å²) in [6.07, 6.45) is 0. The van der Waals surface area contributed by atoms with Crippen LogP contribution in [0.25, 0.3) is 0 Å². The standard InChI is InChI=1S/C13H10Cl2FNOS/c14-10-3-1-2-8(13(10)15)7-19(18)12-5-4-9(17)6-11(12)16/h1-6H,7,17H2. The smallest absolute Gasteiger partial charge is 0.141 e. The van der Waals surface area contributed by atoms with Gasteiger partial charge in [0.25, 0.3) is 0 Å². The average molecular weight is 318 g/mol. The van der Waals surface area contributed by atoms with E-state index in [-0.39, 0.29) is 10.6 Å². The summed E-state index contributed by atoms with van der Waals surface area (Å²) in [6.45, 7) is 0. The van der Waals surface area contributed by atoms with Crippen LogP contribution < -0.4 is 5.73 Å². The van der Waals surface area contributed by atoms with Crippen molar-refractivity contribution < 1.29 is 8.60 Å². The summed E-state index contributed by atoms with van der Waals surface area (Å²) < 4.78 is 25.8. The fraction of sp³-hybridized carbons (Fsp3) is 0.0769. The van der Waals surface area contributed by atoms with Crippen LogP contribution in [0.15, 0.2) is 41.3 Å². The molecule has 19 heavy (non-hydrogen) atoms. The second kappa shape index (κ2) is 5.90. The van der Waals surface area contributed by atoms with E-state index in [4.69, 9.17) is 28.9 Å². The molecule has 0 aliphatic carbocycles. The summed E-state index contributed by atoms with van der Waals surface area (Å²) in [5.41, 5.74) is 6.35. The number of nitrogen functional groups attached to an aromatic ring is 1. The molecular formula is C13H10Cl2FNOS. The fourth-order valence-electron chi connectivity index (χ4n) is 1.58. The molecule has 0 bridgehead atoms. The first-order chi connectivity index (χ1) is 8.99. The molecule has 2 aromatic carbocycles. The minimum atomic E-state index is -1.55. The molecule has 0 saturated heterocycles. The van der Waals surface area contributed by atoms with Crippen LogP contribution in [0.5, 0.6) is 0 Å². The van der Waals surface area contributed by atoms with Crippen molar-refractivity contribution in [1.29, 1.82) is 0 Å². The lowest BCUT2D eigenvalue weighted by atomic mass is 10.2. The van der Waals surface area contributed by atoms with E-state index >= 15 is 0 Å². The minimum Gasteiger partial charge on any atom is -0.399 e. The van der Waals surface area contributed by atoms with Crippen LogP contribution in [0, 0.1) is 5.82 Å². The maximum absolute atomic E-state index is 13.7. The lowest BCUT2D eigenvalue weighted by Gasteiger charge is -2.07. The van der Waals surface area contributed by atoms with Crippen molar-refractivity contribution in [2.24, 2.45) is 0 Å². The Hall–Kier alpha value is -1.10. The van der Waals surface area contributed by atoms with E-state index in [0.29, 0.717) is 21.3 Å². The molecule has 1 unspecified atom stereocenters. The Morgan fingerprint density at radius 3 is 2.63 bits per heavy atom. The number of benzene rings is 2. The van der Waals surface area contributed by atoms with Gasteiger partial charge in [0.2, 0.25) is 0 Å². The van der Waals surface area contributed by atoms with Gasteiger partial charge in [-0.3, -0.25) is 4.21 Å². The van der Waals surface area contributed by atoms with Crippen molar-refractivity contribution >= 4 is 39.7 Å². The number of hydrogen-bond donors (Lipinski definition) is 1. The predicted octanol–water partition coefficient (Wildman–Crippen LogP) is 4.02. The van der Waals surface area contributed by atoms with E-state index in [0.717, 1.165) is 6.07 Å². The van der Waals surface area contributed by atoms with E-state index in [1.54, 1.807) is 18.2 Å². The fourth-order valence-corrected chi connectivity index (χ4v) is 3.22. The largest absolute Gasteiger partial charge is 0.399 e. The van der Waals surface area contributed by atoms with E-state index in [1.807, 2.05) is 0 Å². The molecule has 0 amide bonds. The van der Waals surface area contributed by atoms with Gasteiger partial charge < -0.3 is 5.73 Å². The highest BCUT2D eigenvalue weighted by Crippen LogP contribution is 2.28. The molecule has 0 aliphatic heterocycles. The molecule has 2 aromatic rings. The van der Waals surface area contributed by atoms with Crippen molar-refractivity contribution in [3.05, 3.63) is 57.8 Å². The Labute approximate surface area is 122 Å². The highest BCUT2D eigenvalue weighted by molar-refractivity contribution is 7.84. The lowest BCUT2D eigenvalue weighted by molar-refractivity contribution is 0.596. The van der Waals surface area contributed by atoms with Crippen molar-refractivity contribution in [1.82, 2.24) is 0 Å². The predicted molar refractivity (Wildman–Crippen MR) is 77.4 cm³/mol. The maximum atomic E-state index is 13.7. The van der Waals surface area contributed by atoms with Crippen LogP contribution in [0.3, 0.4) is 0 Å². The van der Waals surface area contributed by atoms with Crippen LogP contribution in [0.1, 0.15) is 5.56 Å². The third-order valence-corrected chi connectivity index (χ3v) is 4.77. The van der Waals surface area contributed by atoms with Gasteiger partial charge in [-0.05, 0) is 29.8 Å². The Bertz CT molecular complexity index is 649. The zero-order chi connectivity index (χ0) is 14.0. The molecule has 0 heterocycles. The summed E-state index contributed by atoms with van der Waals surface area (Å²) >= 11 is 11.9. The van der Waals surface area contributed by atoms with Crippen molar-refractivity contribution in [3.63, 3.8) is 0 Å². The number of halogens is 3. The molecule has 0 saturated carbocycles. The lowest BCUT2D eigenvalue weighted by Crippen LogP contribution is -2.01. The molecule has 2 rings (SSSR count). The van der Waals surface area contributed by atoms with Gasteiger partial charge in [-0.1, -0.05) is 35.3 Å². The highest BCUT2D eigenvalue weighted by atomic mass is 35.5. The monoisotopic (exact) mass is 317 g/mol. The quantitative estimate of drug-likeness (QED) is 0.869. The third kappa shape index (κ3) is 3.26. The van der Waals surface area contributed by atoms with Gasteiger partial charge in [-0.25, -0.2) is 4.39 Å². The summed E-state index contributed by atoms with van der Waals surface area (Å²) in [6, 6.07) is 9.13. The SMILES string of the molecule is Nc1ccc(S(=O)Cc2cccc(Cl)c2Cl)c(F)c1. The second-order valence-electron chi connectivity index (χ2n) is 3.89. The Morgan fingerprint density at radius 2 is 1.95 bits per heavy atom. The molecule has 0 aliphatic rings. The van der Waals surface area contributed by atoms with Gasteiger partial charge in [0.05, 0.1) is 31.5 Å². The van der Waals surface area contributed by atoms with Crippen LogP contribution in [0.4, 0.5) is 10.1 Å². The highest BCUT2D eigenvalue weighted by Gasteiger charge is 2.13. The summed E-state index contributed by atoms with van der Waals surface area (Å²) in [7, 11) is -1.55. The Kier molecular flexibility index (Phi) is 4.45. The molecule has 2 N–H and O–H groups in total. The Morgan fingerprint density at radius 1 is 1.21 bits per heavy atom. The van der Waals surface area contributed by atoms with Crippen LogP contribution in [-0.4, -0.2) is 4.21 Å². The van der Waals surface area contributed by atoms with Crippen LogP contribution in [0.2, 0.25) is 10.0 Å². The first-order valence-corrected chi connectivity index (χ1v) is 7.43. The van der Waals surface area contributed by atoms with Gasteiger partial charge in [0, 0.05) is 5.69 Å². The maximum Gasteiger partial charge on any atom is 0.141 e. The molecule has 1 atom stereocenters. The van der Waals surface area contributed by atoms with E-state index in [9.17, 15) is 8.60 Å². The zero-order valence-corrected chi connectivity index (χ0v) is 12.0. The summed E-state index contributed by atoms with van der Waals surface area (Å²) in [5.74, 6) is -0.489. The molecular weight excluding hydrogens is 308 g/mol. The topological polar surface area (TPSA) is 43.1 Å². The third-order valence-electron chi connectivity index (χ3n) is 2.52. The number of nitrogens with two attached hydrogens (primary N) is 1. The molecule has 0 radical (unpaired) electrons. The van der Waals surface area contributed by atoms with Gasteiger partial charge in [-0.2, -0.15) is 0 Å². The number of hydrogen-bond acceptors (Lipinski definition) is 2. The van der Waals surface area contributed by atoms with E-state index in [2.05, 4.69) is 0 Å². The summed E-state index contributed by atoms with van der Waals surface area (Å²) in [4.78, 5) is 0.102. The van der Waals surface area contributed by atoms with Crippen LogP contribution >= 0.6 is 23.2 Å². The normalized spacial score (nSPS) is 12.4. The summed E-state index contributed by atoms with van der Waals surface area (Å²) in [5, 5.41) is 0.724. The van der Waals surface area contributed by atoms with Gasteiger partial charge in [0.1, 0.15) is 5.82 Å². The van der Waals surface area contributed by atoms with Gasteiger partial charge in [-0.15, -0.1) is 0 Å². The molecule has 0 fully saturated rings. The minimum absolute atomic E-state index is 0.0975. The first-order valence-electron chi connectivity index (χ1n) is 5.35. The van der Waals surface area contributed by atoms with Crippen molar-refractivity contribution in [3.8, 4) is 0 Å².